The zero-order chi connectivity index (χ0) is 20.3. The SMILES string of the molecule is CC1(c2ccc(F)cc2)NC(=O)N(CC(=O)NCCc2ccc(N)cc2)C1=O. The van der Waals surface area contributed by atoms with Gasteiger partial charge in [0, 0.05) is 12.2 Å². The number of anilines is 1. The lowest BCUT2D eigenvalue weighted by atomic mass is 9.92. The van der Waals surface area contributed by atoms with E-state index in [2.05, 4.69) is 10.6 Å². The van der Waals surface area contributed by atoms with Gasteiger partial charge in [0.2, 0.25) is 5.91 Å². The van der Waals surface area contributed by atoms with E-state index in [1.165, 1.54) is 31.2 Å². The van der Waals surface area contributed by atoms with E-state index in [-0.39, 0.29) is 6.54 Å². The molecule has 4 N–H and O–H groups in total. The number of nitrogens with zero attached hydrogens (tertiary/aromatic N) is 1. The molecule has 0 bridgehead atoms. The number of benzene rings is 2. The van der Waals surface area contributed by atoms with Crippen molar-refractivity contribution in [2.75, 3.05) is 18.8 Å². The lowest BCUT2D eigenvalue weighted by Crippen LogP contribution is -2.43. The largest absolute Gasteiger partial charge is 0.399 e. The first-order valence-corrected chi connectivity index (χ1v) is 8.81. The number of hydrogen-bond donors (Lipinski definition) is 3. The third kappa shape index (κ3) is 3.95. The van der Waals surface area contributed by atoms with Crippen molar-refractivity contribution in [3.63, 3.8) is 0 Å². The molecule has 1 fully saturated rings. The van der Waals surface area contributed by atoms with Gasteiger partial charge in [0.1, 0.15) is 17.9 Å². The van der Waals surface area contributed by atoms with E-state index in [1.54, 1.807) is 12.1 Å². The van der Waals surface area contributed by atoms with Crippen LogP contribution in [0.1, 0.15) is 18.1 Å². The number of nitrogens with two attached hydrogens (primary N) is 1. The quantitative estimate of drug-likeness (QED) is 0.519. The molecule has 1 atom stereocenters. The number of rotatable bonds is 6. The fourth-order valence-electron chi connectivity index (χ4n) is 3.05. The van der Waals surface area contributed by atoms with Crippen molar-refractivity contribution in [3.05, 3.63) is 65.5 Å². The van der Waals surface area contributed by atoms with Crippen LogP contribution in [0.25, 0.3) is 0 Å². The van der Waals surface area contributed by atoms with Crippen molar-refractivity contribution in [3.8, 4) is 0 Å². The zero-order valence-electron chi connectivity index (χ0n) is 15.4. The van der Waals surface area contributed by atoms with Crippen LogP contribution in [-0.2, 0) is 21.5 Å². The summed E-state index contributed by atoms with van der Waals surface area (Å²) in [5.74, 6) is -1.44. The minimum absolute atomic E-state index is 0.363. The molecule has 7 nitrogen and oxygen atoms in total. The van der Waals surface area contributed by atoms with Gasteiger partial charge in [-0.05, 0) is 48.7 Å². The fraction of sp³-hybridized carbons (Fsp3) is 0.250. The molecular formula is C20H21FN4O3. The number of urea groups is 1. The molecule has 0 radical (unpaired) electrons. The average Bonchev–Trinajstić information content (AvgIpc) is 2.88. The van der Waals surface area contributed by atoms with E-state index >= 15 is 0 Å². The number of imide groups is 1. The molecule has 28 heavy (non-hydrogen) atoms. The normalized spacial score (nSPS) is 18.9. The summed E-state index contributed by atoms with van der Waals surface area (Å²) in [6, 6.07) is 11.9. The Bertz CT molecular complexity index is 899. The minimum atomic E-state index is -1.34. The summed E-state index contributed by atoms with van der Waals surface area (Å²) in [6.45, 7) is 1.50. The topological polar surface area (TPSA) is 105 Å². The molecule has 1 aliphatic rings. The van der Waals surface area contributed by atoms with Crippen LogP contribution in [0.4, 0.5) is 14.9 Å². The number of nitrogen functional groups attached to an aromatic ring is 1. The number of amides is 4. The Hall–Kier alpha value is -3.42. The maximum Gasteiger partial charge on any atom is 0.325 e. The van der Waals surface area contributed by atoms with Crippen LogP contribution >= 0.6 is 0 Å². The maximum atomic E-state index is 13.1. The summed E-state index contributed by atoms with van der Waals surface area (Å²) < 4.78 is 13.1. The molecule has 1 heterocycles. The molecule has 1 unspecified atom stereocenters. The van der Waals surface area contributed by atoms with E-state index in [9.17, 15) is 18.8 Å². The molecule has 0 aliphatic carbocycles. The van der Waals surface area contributed by atoms with Gasteiger partial charge in [-0.1, -0.05) is 24.3 Å². The van der Waals surface area contributed by atoms with Crippen LogP contribution in [0.5, 0.6) is 0 Å². The first-order chi connectivity index (χ1) is 13.3. The number of halogens is 1. The molecule has 146 valence electrons. The monoisotopic (exact) mass is 384 g/mol. The maximum absolute atomic E-state index is 13.1. The van der Waals surface area contributed by atoms with Gasteiger partial charge in [-0.3, -0.25) is 14.5 Å². The van der Waals surface area contributed by atoms with Gasteiger partial charge in [-0.25, -0.2) is 9.18 Å². The Morgan fingerprint density at radius 1 is 1.14 bits per heavy atom. The molecule has 0 aromatic heterocycles. The summed E-state index contributed by atoms with van der Waals surface area (Å²) >= 11 is 0. The first-order valence-electron chi connectivity index (χ1n) is 8.81. The standard InChI is InChI=1S/C20H21FN4O3/c1-20(14-4-6-15(21)7-5-14)18(27)25(19(28)24-20)12-17(26)23-11-10-13-2-8-16(22)9-3-13/h2-9H,10-12,22H2,1H3,(H,23,26)(H,24,28). The van der Waals surface area contributed by atoms with Crippen LogP contribution in [-0.4, -0.2) is 35.8 Å². The van der Waals surface area contributed by atoms with Crippen molar-refractivity contribution < 1.29 is 18.8 Å². The Kier molecular flexibility index (Phi) is 5.30. The molecule has 1 aliphatic heterocycles. The zero-order valence-corrected chi connectivity index (χ0v) is 15.4. The summed E-state index contributed by atoms with van der Waals surface area (Å²) in [5.41, 5.74) is 6.40. The minimum Gasteiger partial charge on any atom is -0.399 e. The van der Waals surface area contributed by atoms with Gasteiger partial charge in [-0.2, -0.15) is 0 Å². The molecule has 2 aromatic rings. The van der Waals surface area contributed by atoms with Gasteiger partial charge in [-0.15, -0.1) is 0 Å². The van der Waals surface area contributed by atoms with Crippen LogP contribution in [0.2, 0.25) is 0 Å². The highest BCUT2D eigenvalue weighted by Crippen LogP contribution is 2.28. The van der Waals surface area contributed by atoms with Crippen LogP contribution in [0, 0.1) is 5.82 Å². The van der Waals surface area contributed by atoms with Crippen LogP contribution in [0.3, 0.4) is 0 Å². The van der Waals surface area contributed by atoms with E-state index in [4.69, 9.17) is 5.73 Å². The van der Waals surface area contributed by atoms with E-state index in [0.717, 1.165) is 10.5 Å². The number of hydrogen-bond acceptors (Lipinski definition) is 4. The third-order valence-corrected chi connectivity index (χ3v) is 4.71. The Labute approximate surface area is 161 Å². The van der Waals surface area contributed by atoms with Gasteiger partial charge >= 0.3 is 6.03 Å². The second-order valence-corrected chi connectivity index (χ2v) is 6.79. The van der Waals surface area contributed by atoms with Crippen molar-refractivity contribution in [2.45, 2.75) is 18.9 Å². The molecule has 8 heteroatoms. The van der Waals surface area contributed by atoms with Gasteiger partial charge in [0.15, 0.2) is 0 Å². The number of carbonyl (C=O) groups is 3. The first kappa shape index (κ1) is 19.3. The molecule has 3 rings (SSSR count). The molecular weight excluding hydrogens is 363 g/mol. The second kappa shape index (κ2) is 7.67. The lowest BCUT2D eigenvalue weighted by Gasteiger charge is -2.22. The molecule has 4 amide bonds. The van der Waals surface area contributed by atoms with Gasteiger partial charge in [0.25, 0.3) is 5.91 Å². The fourth-order valence-corrected chi connectivity index (χ4v) is 3.05. The Balaban J connectivity index is 1.58. The highest BCUT2D eigenvalue weighted by molar-refractivity contribution is 6.09. The van der Waals surface area contributed by atoms with Crippen molar-refractivity contribution in [2.24, 2.45) is 0 Å². The predicted molar refractivity (Wildman–Crippen MR) is 102 cm³/mol. The Morgan fingerprint density at radius 2 is 1.79 bits per heavy atom. The average molecular weight is 384 g/mol. The predicted octanol–water partition coefficient (Wildman–Crippen LogP) is 1.53. The smallest absolute Gasteiger partial charge is 0.325 e. The summed E-state index contributed by atoms with van der Waals surface area (Å²) in [4.78, 5) is 38.0. The molecule has 1 saturated heterocycles. The number of nitrogens with one attached hydrogen (secondary N) is 2. The molecule has 0 spiro atoms. The van der Waals surface area contributed by atoms with E-state index in [0.29, 0.717) is 24.2 Å². The van der Waals surface area contributed by atoms with Crippen LogP contribution in [0.15, 0.2) is 48.5 Å². The highest BCUT2D eigenvalue weighted by Gasteiger charge is 2.49. The summed E-state index contributed by atoms with van der Waals surface area (Å²) in [6.07, 6.45) is 0.597. The van der Waals surface area contributed by atoms with Crippen molar-refractivity contribution in [1.29, 1.82) is 0 Å². The Morgan fingerprint density at radius 3 is 2.43 bits per heavy atom. The molecule has 2 aromatic carbocycles. The molecule has 0 saturated carbocycles. The summed E-state index contributed by atoms with van der Waals surface area (Å²) in [7, 11) is 0. The van der Waals surface area contributed by atoms with Gasteiger partial charge < -0.3 is 16.4 Å². The lowest BCUT2D eigenvalue weighted by molar-refractivity contribution is -0.134. The van der Waals surface area contributed by atoms with E-state index < -0.39 is 29.2 Å². The van der Waals surface area contributed by atoms with Crippen molar-refractivity contribution in [1.82, 2.24) is 15.5 Å². The highest BCUT2D eigenvalue weighted by atomic mass is 19.1. The van der Waals surface area contributed by atoms with Gasteiger partial charge in [0.05, 0.1) is 0 Å². The van der Waals surface area contributed by atoms with E-state index in [1.807, 2.05) is 12.1 Å². The third-order valence-electron chi connectivity index (χ3n) is 4.71. The van der Waals surface area contributed by atoms with Crippen molar-refractivity contribution >= 4 is 23.5 Å². The summed E-state index contributed by atoms with van der Waals surface area (Å²) in [5, 5.41) is 5.28. The second-order valence-electron chi connectivity index (χ2n) is 6.79. The van der Waals surface area contributed by atoms with Crippen LogP contribution < -0.4 is 16.4 Å². The number of carbonyl (C=O) groups excluding carboxylic acids is 3.